The van der Waals surface area contributed by atoms with Crippen LogP contribution in [0.25, 0.3) is 0 Å². The molecule has 0 radical (unpaired) electrons. The van der Waals surface area contributed by atoms with Crippen LogP contribution in [0.4, 0.5) is 0 Å². The van der Waals surface area contributed by atoms with Crippen molar-refractivity contribution in [3.63, 3.8) is 0 Å². The summed E-state index contributed by atoms with van der Waals surface area (Å²) >= 11 is 0. The third kappa shape index (κ3) is 1.17. The van der Waals surface area contributed by atoms with Gasteiger partial charge >= 0.3 is 0 Å². The van der Waals surface area contributed by atoms with Gasteiger partial charge in [0.1, 0.15) is 0 Å². The largest absolute Gasteiger partial charge is 0.273 e. The van der Waals surface area contributed by atoms with Crippen molar-refractivity contribution in [3.05, 3.63) is 17.5 Å². The quantitative estimate of drug-likeness (QED) is 0.437. The second-order valence-corrected chi connectivity index (χ2v) is 2.26. The molecule has 3 N–H and O–H groups in total. The van der Waals surface area contributed by atoms with Crippen LogP contribution >= 0.6 is 0 Å². The minimum absolute atomic E-state index is 0.680. The molecule has 0 saturated heterocycles. The number of nitrogens with two attached hydrogens (primary N) is 1. The summed E-state index contributed by atoms with van der Waals surface area (Å²) in [6.45, 7) is 2.69. The highest BCUT2D eigenvalue weighted by Crippen LogP contribution is 2.03. The normalized spacial score (nSPS) is 10.3. The van der Waals surface area contributed by atoms with Gasteiger partial charge in [-0.3, -0.25) is 16.0 Å². The van der Waals surface area contributed by atoms with E-state index >= 15 is 0 Å². The van der Waals surface area contributed by atoms with Crippen LogP contribution < -0.4 is 11.3 Å². The topological polar surface area (TPSA) is 55.9 Å². The second kappa shape index (κ2) is 2.81. The van der Waals surface area contributed by atoms with Gasteiger partial charge in [-0.25, -0.2) is 0 Å². The fraction of sp³-hybridized carbons (Fsp3) is 0.500. The van der Waals surface area contributed by atoms with E-state index in [0.29, 0.717) is 6.54 Å². The molecule has 1 aromatic rings. The molecule has 0 amide bonds. The summed E-state index contributed by atoms with van der Waals surface area (Å²) < 4.78 is 1.83. The second-order valence-electron chi connectivity index (χ2n) is 2.26. The van der Waals surface area contributed by atoms with E-state index in [2.05, 4.69) is 10.5 Å². The van der Waals surface area contributed by atoms with Crippen LogP contribution in [0.1, 0.15) is 11.3 Å². The molecule has 1 aromatic heterocycles. The van der Waals surface area contributed by atoms with Crippen LogP contribution in [-0.2, 0) is 13.6 Å². The van der Waals surface area contributed by atoms with E-state index in [9.17, 15) is 0 Å². The maximum Gasteiger partial charge on any atom is 0.0538 e. The van der Waals surface area contributed by atoms with Crippen LogP contribution in [-0.4, -0.2) is 9.78 Å². The Kier molecular flexibility index (Phi) is 2.03. The van der Waals surface area contributed by atoms with Gasteiger partial charge < -0.3 is 0 Å². The minimum atomic E-state index is 0.680. The summed E-state index contributed by atoms with van der Waals surface area (Å²) in [5, 5.41) is 4.06. The van der Waals surface area contributed by atoms with Gasteiger partial charge in [-0.15, -0.1) is 0 Å². The predicted octanol–water partition coefficient (Wildman–Crippen LogP) is -0.308. The summed E-state index contributed by atoms with van der Waals surface area (Å²) in [6.07, 6.45) is 1.81. The number of nitrogens with zero attached hydrogens (tertiary/aromatic N) is 2. The number of hydrazine groups is 1. The third-order valence-electron chi connectivity index (χ3n) is 1.63. The Hall–Kier alpha value is -0.870. The lowest BCUT2D eigenvalue weighted by Crippen LogP contribution is -2.21. The van der Waals surface area contributed by atoms with E-state index in [0.717, 1.165) is 11.3 Å². The van der Waals surface area contributed by atoms with Crippen molar-refractivity contribution >= 4 is 0 Å². The van der Waals surface area contributed by atoms with Gasteiger partial charge in [-0.05, 0) is 6.92 Å². The first-order valence-electron chi connectivity index (χ1n) is 3.16. The molecule has 0 atom stereocenters. The van der Waals surface area contributed by atoms with Crippen LogP contribution in [0.15, 0.2) is 6.20 Å². The van der Waals surface area contributed by atoms with Crippen molar-refractivity contribution in [2.45, 2.75) is 13.5 Å². The first-order valence-corrected chi connectivity index (χ1v) is 3.16. The smallest absolute Gasteiger partial charge is 0.0538 e. The summed E-state index contributed by atoms with van der Waals surface area (Å²) in [7, 11) is 1.91. The van der Waals surface area contributed by atoms with Crippen molar-refractivity contribution in [2.24, 2.45) is 12.9 Å². The summed E-state index contributed by atoms with van der Waals surface area (Å²) in [4.78, 5) is 0. The molecule has 0 bridgehead atoms. The standard InChI is InChI=1S/C6H12N4/c1-5-6(3-8-7)4-9-10(5)2/h4,8H,3,7H2,1-2H3. The van der Waals surface area contributed by atoms with Crippen LogP contribution in [0.3, 0.4) is 0 Å². The summed E-state index contributed by atoms with van der Waals surface area (Å²) in [5.41, 5.74) is 4.88. The van der Waals surface area contributed by atoms with E-state index in [1.807, 2.05) is 24.9 Å². The maximum absolute atomic E-state index is 5.15. The molecule has 56 valence electrons. The van der Waals surface area contributed by atoms with Crippen molar-refractivity contribution in [2.75, 3.05) is 0 Å². The highest BCUT2D eigenvalue weighted by Gasteiger charge is 2.00. The zero-order valence-electron chi connectivity index (χ0n) is 6.26. The molecule has 0 saturated carbocycles. The van der Waals surface area contributed by atoms with E-state index < -0.39 is 0 Å². The van der Waals surface area contributed by atoms with Crippen LogP contribution in [0, 0.1) is 6.92 Å². The zero-order chi connectivity index (χ0) is 7.56. The fourth-order valence-corrected chi connectivity index (χ4v) is 0.828. The number of aromatic nitrogens is 2. The fourth-order valence-electron chi connectivity index (χ4n) is 0.828. The van der Waals surface area contributed by atoms with Crippen LogP contribution in [0.2, 0.25) is 0 Å². The van der Waals surface area contributed by atoms with Gasteiger partial charge in [0.15, 0.2) is 0 Å². The van der Waals surface area contributed by atoms with Gasteiger partial charge in [-0.2, -0.15) is 5.10 Å². The SMILES string of the molecule is Cc1c(CNN)cnn1C. The molecular formula is C6H12N4. The molecule has 4 nitrogen and oxygen atoms in total. The van der Waals surface area contributed by atoms with Gasteiger partial charge in [0.25, 0.3) is 0 Å². The Morgan fingerprint density at radius 2 is 2.50 bits per heavy atom. The predicted molar refractivity (Wildman–Crippen MR) is 39.0 cm³/mol. The monoisotopic (exact) mass is 140 g/mol. The number of hydrogen-bond donors (Lipinski definition) is 2. The first kappa shape index (κ1) is 7.24. The molecule has 10 heavy (non-hydrogen) atoms. The molecule has 0 aliphatic carbocycles. The average Bonchev–Trinajstić information content (AvgIpc) is 2.20. The lowest BCUT2D eigenvalue weighted by atomic mass is 10.3. The van der Waals surface area contributed by atoms with E-state index in [4.69, 9.17) is 5.84 Å². The number of nitrogens with one attached hydrogen (secondary N) is 1. The molecule has 1 rings (SSSR count). The Morgan fingerprint density at radius 3 is 2.90 bits per heavy atom. The van der Waals surface area contributed by atoms with Gasteiger partial charge in [0.05, 0.1) is 6.20 Å². The number of hydrogen-bond acceptors (Lipinski definition) is 3. The molecule has 4 heteroatoms. The van der Waals surface area contributed by atoms with Crippen LogP contribution in [0.5, 0.6) is 0 Å². The lowest BCUT2D eigenvalue weighted by molar-refractivity contribution is 0.717. The first-order chi connectivity index (χ1) is 4.75. The molecule has 0 spiro atoms. The Bertz CT molecular complexity index is 216. The Morgan fingerprint density at radius 1 is 1.80 bits per heavy atom. The maximum atomic E-state index is 5.15. The molecular weight excluding hydrogens is 128 g/mol. The van der Waals surface area contributed by atoms with Crippen molar-refractivity contribution in [1.29, 1.82) is 0 Å². The van der Waals surface area contributed by atoms with Crippen molar-refractivity contribution in [1.82, 2.24) is 15.2 Å². The lowest BCUT2D eigenvalue weighted by Gasteiger charge is -1.97. The average molecular weight is 140 g/mol. The summed E-state index contributed by atoms with van der Waals surface area (Å²) in [5.74, 6) is 5.15. The van der Waals surface area contributed by atoms with Gasteiger partial charge in [0.2, 0.25) is 0 Å². The molecule has 1 heterocycles. The minimum Gasteiger partial charge on any atom is -0.273 e. The Balaban J connectivity index is 2.83. The highest BCUT2D eigenvalue weighted by atomic mass is 15.3. The number of aryl methyl sites for hydroxylation is 1. The Labute approximate surface area is 60.0 Å². The zero-order valence-corrected chi connectivity index (χ0v) is 6.26. The van der Waals surface area contributed by atoms with E-state index in [1.165, 1.54) is 0 Å². The third-order valence-corrected chi connectivity index (χ3v) is 1.63. The van der Waals surface area contributed by atoms with Crippen molar-refractivity contribution < 1.29 is 0 Å². The molecule has 0 aliphatic rings. The molecule has 0 unspecified atom stereocenters. The highest BCUT2D eigenvalue weighted by molar-refractivity contribution is 5.14. The molecule has 0 aliphatic heterocycles. The molecule has 0 fully saturated rings. The summed E-state index contributed by atoms with van der Waals surface area (Å²) in [6, 6.07) is 0. The van der Waals surface area contributed by atoms with Gasteiger partial charge in [0, 0.05) is 24.8 Å². The number of rotatable bonds is 2. The van der Waals surface area contributed by atoms with E-state index in [-0.39, 0.29) is 0 Å². The van der Waals surface area contributed by atoms with E-state index in [1.54, 1.807) is 0 Å². The van der Waals surface area contributed by atoms with Gasteiger partial charge in [-0.1, -0.05) is 0 Å². The van der Waals surface area contributed by atoms with Crippen molar-refractivity contribution in [3.8, 4) is 0 Å². The molecule has 0 aromatic carbocycles.